The molecule has 9 nitrogen and oxygen atoms in total. The second-order valence-corrected chi connectivity index (χ2v) is 7.23. The van der Waals surface area contributed by atoms with E-state index in [9.17, 15) is 10.1 Å². The van der Waals surface area contributed by atoms with Crippen molar-refractivity contribution in [3.63, 3.8) is 0 Å². The van der Waals surface area contributed by atoms with Crippen LogP contribution in [0.5, 0.6) is 17.2 Å². The van der Waals surface area contributed by atoms with Crippen LogP contribution in [-0.4, -0.2) is 36.1 Å². The lowest BCUT2D eigenvalue weighted by atomic mass is 9.97. The zero-order chi connectivity index (χ0) is 23.7. The van der Waals surface area contributed by atoms with Crippen LogP contribution < -0.4 is 25.5 Å². The third-order valence-corrected chi connectivity index (χ3v) is 5.58. The summed E-state index contributed by atoms with van der Waals surface area (Å²) in [6.07, 6.45) is 0.695. The number of hydrogen-bond acceptors (Lipinski definition) is 7. The van der Waals surface area contributed by atoms with Crippen LogP contribution in [-0.2, 0) is 6.42 Å². The van der Waals surface area contributed by atoms with Crippen molar-refractivity contribution in [3.05, 3.63) is 57.9 Å². The van der Waals surface area contributed by atoms with E-state index in [1.165, 1.54) is 25.9 Å². The zero-order valence-electron chi connectivity index (χ0n) is 18.7. The van der Waals surface area contributed by atoms with Gasteiger partial charge in [0.25, 0.3) is 5.56 Å². The number of nitriles is 1. The van der Waals surface area contributed by atoms with E-state index in [0.717, 1.165) is 5.56 Å². The number of nitrogens with two attached hydrogens (primary N) is 1. The molecular weight excluding hydrogens is 422 g/mol. The summed E-state index contributed by atoms with van der Waals surface area (Å²) in [7, 11) is 4.49. The minimum atomic E-state index is -0.499. The first-order chi connectivity index (χ1) is 16.0. The summed E-state index contributed by atoms with van der Waals surface area (Å²) in [5, 5.41) is 17.6. The highest BCUT2D eigenvalue weighted by Gasteiger charge is 2.25. The number of benzene rings is 2. The third kappa shape index (κ3) is 3.32. The Labute approximate surface area is 189 Å². The summed E-state index contributed by atoms with van der Waals surface area (Å²) in [4.78, 5) is 13.7. The van der Waals surface area contributed by atoms with Crippen molar-refractivity contribution in [2.24, 2.45) is 0 Å². The van der Waals surface area contributed by atoms with Crippen molar-refractivity contribution >= 4 is 16.9 Å². The van der Waals surface area contributed by atoms with E-state index in [1.807, 2.05) is 31.2 Å². The van der Waals surface area contributed by atoms with Crippen LogP contribution in [0, 0.1) is 11.3 Å². The fourth-order valence-electron chi connectivity index (χ4n) is 4.06. The summed E-state index contributed by atoms with van der Waals surface area (Å²) in [6.45, 7) is 2.00. The number of nitrogens with one attached hydrogen (secondary N) is 1. The fraction of sp³-hybridized carbons (Fsp3) is 0.208. The molecule has 4 rings (SSSR count). The molecule has 0 unspecified atom stereocenters. The number of aromatic amines is 1. The quantitative estimate of drug-likeness (QED) is 0.465. The molecule has 33 heavy (non-hydrogen) atoms. The van der Waals surface area contributed by atoms with Crippen molar-refractivity contribution in [3.8, 4) is 40.1 Å². The van der Waals surface area contributed by atoms with Crippen molar-refractivity contribution in [2.45, 2.75) is 13.3 Å². The third-order valence-electron chi connectivity index (χ3n) is 5.58. The molecule has 0 atom stereocenters. The average Bonchev–Trinajstić information content (AvgIpc) is 3.22. The zero-order valence-corrected chi connectivity index (χ0v) is 18.7. The molecule has 0 aliphatic carbocycles. The van der Waals surface area contributed by atoms with Gasteiger partial charge in [0.15, 0.2) is 17.1 Å². The number of para-hydroxylation sites is 1. The SMILES string of the molecule is CCc1ccccc1-n1c(=O)c(C#N)c(-c2cc(OC)c(OC)c(OC)c2)c2c(N)[nH]nc21. The summed E-state index contributed by atoms with van der Waals surface area (Å²) in [6, 6.07) is 12.9. The number of nitrogens with zero attached hydrogens (tertiary/aromatic N) is 3. The minimum absolute atomic E-state index is 0.0734. The van der Waals surface area contributed by atoms with Crippen LogP contribution in [0.1, 0.15) is 18.1 Å². The number of rotatable bonds is 6. The van der Waals surface area contributed by atoms with Gasteiger partial charge in [-0.1, -0.05) is 25.1 Å². The van der Waals surface area contributed by atoms with Crippen LogP contribution in [0.2, 0.25) is 0 Å². The number of nitrogen functional groups attached to an aromatic ring is 1. The number of ether oxygens (including phenoxy) is 3. The highest BCUT2D eigenvalue weighted by atomic mass is 16.5. The Morgan fingerprint density at radius 3 is 2.36 bits per heavy atom. The maximum absolute atomic E-state index is 13.7. The van der Waals surface area contributed by atoms with Crippen molar-refractivity contribution in [2.75, 3.05) is 27.1 Å². The highest BCUT2D eigenvalue weighted by Crippen LogP contribution is 2.43. The van der Waals surface area contributed by atoms with Gasteiger partial charge in [0.2, 0.25) is 5.75 Å². The largest absolute Gasteiger partial charge is 0.493 e. The predicted molar refractivity (Wildman–Crippen MR) is 125 cm³/mol. The molecule has 0 saturated carbocycles. The van der Waals surface area contributed by atoms with Gasteiger partial charge in [-0.05, 0) is 35.7 Å². The Morgan fingerprint density at radius 2 is 1.79 bits per heavy atom. The number of pyridine rings is 1. The van der Waals surface area contributed by atoms with Gasteiger partial charge in [-0.2, -0.15) is 10.4 Å². The van der Waals surface area contributed by atoms with Crippen molar-refractivity contribution < 1.29 is 14.2 Å². The molecule has 0 saturated heterocycles. The minimum Gasteiger partial charge on any atom is -0.493 e. The van der Waals surface area contributed by atoms with Gasteiger partial charge in [0.05, 0.1) is 32.4 Å². The van der Waals surface area contributed by atoms with Gasteiger partial charge in [-0.3, -0.25) is 14.5 Å². The predicted octanol–water partition coefficient (Wildman–Crippen LogP) is 3.42. The molecule has 4 aromatic rings. The van der Waals surface area contributed by atoms with Crippen LogP contribution in [0.3, 0.4) is 0 Å². The molecule has 168 valence electrons. The topological polar surface area (TPSA) is 128 Å². The normalized spacial score (nSPS) is 10.8. The molecule has 0 radical (unpaired) electrons. The molecule has 2 aromatic carbocycles. The number of aromatic nitrogens is 3. The molecular formula is C24H23N5O4. The second-order valence-electron chi connectivity index (χ2n) is 7.23. The lowest BCUT2D eigenvalue weighted by Gasteiger charge is -2.17. The Hall–Kier alpha value is -4.45. The molecule has 0 aliphatic rings. The molecule has 9 heteroatoms. The maximum atomic E-state index is 13.7. The Morgan fingerprint density at radius 1 is 1.12 bits per heavy atom. The van der Waals surface area contributed by atoms with E-state index in [2.05, 4.69) is 16.3 Å². The molecule has 2 aromatic heterocycles. The van der Waals surface area contributed by atoms with Crippen molar-refractivity contribution in [1.82, 2.24) is 14.8 Å². The molecule has 2 heterocycles. The van der Waals surface area contributed by atoms with Crippen LogP contribution in [0.15, 0.2) is 41.2 Å². The molecule has 0 spiro atoms. The fourth-order valence-corrected chi connectivity index (χ4v) is 4.06. The van der Waals surface area contributed by atoms with E-state index in [4.69, 9.17) is 19.9 Å². The Kier molecular flexibility index (Phi) is 5.67. The monoisotopic (exact) mass is 445 g/mol. The van der Waals surface area contributed by atoms with E-state index in [0.29, 0.717) is 51.5 Å². The van der Waals surface area contributed by atoms with Gasteiger partial charge < -0.3 is 19.9 Å². The van der Waals surface area contributed by atoms with Crippen molar-refractivity contribution in [1.29, 1.82) is 5.26 Å². The first-order valence-electron chi connectivity index (χ1n) is 10.2. The average molecular weight is 445 g/mol. The lowest BCUT2D eigenvalue weighted by molar-refractivity contribution is 0.324. The van der Waals surface area contributed by atoms with Gasteiger partial charge >= 0.3 is 0 Å². The van der Waals surface area contributed by atoms with E-state index in [1.54, 1.807) is 12.1 Å². The van der Waals surface area contributed by atoms with Gasteiger partial charge in [-0.15, -0.1) is 0 Å². The van der Waals surface area contributed by atoms with E-state index >= 15 is 0 Å². The van der Waals surface area contributed by atoms with E-state index in [-0.39, 0.29) is 11.4 Å². The van der Waals surface area contributed by atoms with Crippen LogP contribution in [0.25, 0.3) is 27.8 Å². The second kappa shape index (κ2) is 8.59. The van der Waals surface area contributed by atoms with Gasteiger partial charge in [0.1, 0.15) is 17.5 Å². The number of anilines is 1. The molecule has 0 bridgehead atoms. The molecule has 0 fully saturated rings. The van der Waals surface area contributed by atoms with Crippen LogP contribution in [0.4, 0.5) is 5.82 Å². The van der Waals surface area contributed by atoms with Gasteiger partial charge in [-0.25, -0.2) is 0 Å². The molecule has 0 amide bonds. The maximum Gasteiger partial charge on any atom is 0.275 e. The van der Waals surface area contributed by atoms with E-state index < -0.39 is 5.56 Å². The summed E-state index contributed by atoms with van der Waals surface area (Å²) >= 11 is 0. The first-order valence-corrected chi connectivity index (χ1v) is 10.2. The number of methoxy groups -OCH3 is 3. The summed E-state index contributed by atoms with van der Waals surface area (Å²) < 4.78 is 17.8. The standard InChI is InChI=1S/C24H23N5O4/c1-5-13-8-6-7-9-16(13)29-23-20(22(26)27-28-23)19(15(12-25)24(29)30)14-10-17(31-2)21(33-4)18(11-14)32-3/h6-11H,5H2,1-4H3,(H3,26,27,28). The number of fused-ring (bicyclic) bond motifs is 1. The number of hydrogen-bond donors (Lipinski definition) is 2. The van der Waals surface area contributed by atoms with Crippen LogP contribution >= 0.6 is 0 Å². The lowest BCUT2D eigenvalue weighted by Crippen LogP contribution is -2.24. The molecule has 0 aliphatic heterocycles. The number of aryl methyl sites for hydroxylation is 1. The molecule has 3 N–H and O–H groups in total. The first kappa shape index (κ1) is 21.8. The Bertz CT molecular complexity index is 1440. The van der Waals surface area contributed by atoms with Gasteiger partial charge in [0, 0.05) is 5.56 Å². The summed E-state index contributed by atoms with van der Waals surface area (Å²) in [5.74, 6) is 1.38. The highest BCUT2D eigenvalue weighted by molar-refractivity contribution is 6.03. The smallest absolute Gasteiger partial charge is 0.275 e. The summed E-state index contributed by atoms with van der Waals surface area (Å²) in [5.41, 5.74) is 8.45. The Balaban J connectivity index is 2.17. The number of H-pyrrole nitrogens is 1.